The zero-order chi connectivity index (χ0) is 13.7. The molecule has 100 valence electrons. The van der Waals surface area contributed by atoms with Crippen LogP contribution in [0.4, 0.5) is 0 Å². The van der Waals surface area contributed by atoms with E-state index in [4.69, 9.17) is 5.84 Å². The first-order chi connectivity index (χ1) is 9.22. The average molecular weight is 320 g/mol. The summed E-state index contributed by atoms with van der Waals surface area (Å²) in [7, 11) is 0. The molecule has 0 bridgehead atoms. The summed E-state index contributed by atoms with van der Waals surface area (Å²) in [5.74, 6) is 5.67. The van der Waals surface area contributed by atoms with Crippen molar-refractivity contribution in [2.45, 2.75) is 25.8 Å². The van der Waals surface area contributed by atoms with Crippen molar-refractivity contribution in [2.75, 3.05) is 0 Å². The molecule has 0 aliphatic rings. The number of nitrogens with two attached hydrogens (primary N) is 1. The molecule has 1 unspecified atom stereocenters. The third-order valence-corrected chi connectivity index (χ3v) is 3.65. The second-order valence-electron chi connectivity index (χ2n) is 4.49. The standard InChI is InChI=1S/C15H18BrN3/c1-2-11-6-7-14(18-10-11)9-15(19-17)12-4-3-5-13(16)8-12/h3-8,10,15,19H,2,9,17H2,1H3. The Morgan fingerprint density at radius 2 is 2.16 bits per heavy atom. The summed E-state index contributed by atoms with van der Waals surface area (Å²) >= 11 is 3.48. The normalized spacial score (nSPS) is 12.4. The molecule has 2 rings (SSSR count). The number of benzene rings is 1. The van der Waals surface area contributed by atoms with Crippen LogP contribution in [0.2, 0.25) is 0 Å². The Morgan fingerprint density at radius 3 is 2.74 bits per heavy atom. The molecular weight excluding hydrogens is 302 g/mol. The molecular formula is C15H18BrN3. The van der Waals surface area contributed by atoms with Gasteiger partial charge in [0.15, 0.2) is 0 Å². The van der Waals surface area contributed by atoms with Gasteiger partial charge in [-0.25, -0.2) is 0 Å². The van der Waals surface area contributed by atoms with Gasteiger partial charge in [-0.2, -0.15) is 0 Å². The van der Waals surface area contributed by atoms with Gasteiger partial charge >= 0.3 is 0 Å². The molecule has 2 aromatic rings. The lowest BCUT2D eigenvalue weighted by Gasteiger charge is -2.16. The quantitative estimate of drug-likeness (QED) is 0.657. The third-order valence-electron chi connectivity index (χ3n) is 3.16. The molecule has 3 N–H and O–H groups in total. The molecule has 1 aromatic heterocycles. The molecule has 3 nitrogen and oxygen atoms in total. The maximum absolute atomic E-state index is 5.67. The van der Waals surface area contributed by atoms with Crippen LogP contribution in [-0.2, 0) is 12.8 Å². The Bertz CT molecular complexity index is 525. The molecule has 0 aliphatic carbocycles. The molecule has 0 spiro atoms. The van der Waals surface area contributed by atoms with Gasteiger partial charge in [0.05, 0.1) is 6.04 Å². The van der Waals surface area contributed by atoms with E-state index in [1.165, 1.54) is 5.56 Å². The van der Waals surface area contributed by atoms with Gasteiger partial charge in [-0.1, -0.05) is 41.1 Å². The molecule has 4 heteroatoms. The van der Waals surface area contributed by atoms with Gasteiger partial charge in [0.2, 0.25) is 0 Å². The zero-order valence-electron chi connectivity index (χ0n) is 10.9. The molecule has 0 amide bonds. The maximum Gasteiger partial charge on any atom is 0.0515 e. The van der Waals surface area contributed by atoms with E-state index in [1.54, 1.807) is 0 Å². The highest BCUT2D eigenvalue weighted by Gasteiger charge is 2.11. The van der Waals surface area contributed by atoms with Crippen LogP contribution in [0, 0.1) is 0 Å². The van der Waals surface area contributed by atoms with Crippen molar-refractivity contribution in [1.82, 2.24) is 10.4 Å². The number of nitrogens with zero attached hydrogens (tertiary/aromatic N) is 1. The minimum absolute atomic E-state index is 0.0671. The topological polar surface area (TPSA) is 50.9 Å². The highest BCUT2D eigenvalue weighted by molar-refractivity contribution is 9.10. The minimum atomic E-state index is 0.0671. The summed E-state index contributed by atoms with van der Waals surface area (Å²) in [5, 5.41) is 0. The fraction of sp³-hybridized carbons (Fsp3) is 0.267. The van der Waals surface area contributed by atoms with Crippen LogP contribution in [0.1, 0.15) is 29.8 Å². The van der Waals surface area contributed by atoms with Crippen molar-refractivity contribution in [1.29, 1.82) is 0 Å². The van der Waals surface area contributed by atoms with Crippen LogP contribution in [0.15, 0.2) is 47.1 Å². The van der Waals surface area contributed by atoms with Gasteiger partial charge in [-0.05, 0) is 35.7 Å². The predicted molar refractivity (Wildman–Crippen MR) is 81.5 cm³/mol. The number of halogens is 1. The molecule has 1 atom stereocenters. The first-order valence-electron chi connectivity index (χ1n) is 6.38. The number of rotatable bonds is 5. The van der Waals surface area contributed by atoms with Crippen LogP contribution in [0.5, 0.6) is 0 Å². The lowest BCUT2D eigenvalue weighted by Crippen LogP contribution is -2.29. The Morgan fingerprint density at radius 1 is 1.32 bits per heavy atom. The molecule has 0 fully saturated rings. The van der Waals surface area contributed by atoms with E-state index in [2.05, 4.69) is 57.5 Å². The van der Waals surface area contributed by atoms with E-state index < -0.39 is 0 Å². The Hall–Kier alpha value is -1.23. The predicted octanol–water partition coefficient (Wildman–Crippen LogP) is 3.15. The fourth-order valence-electron chi connectivity index (χ4n) is 1.99. The molecule has 1 heterocycles. The minimum Gasteiger partial charge on any atom is -0.271 e. The summed E-state index contributed by atoms with van der Waals surface area (Å²) in [6, 6.07) is 12.4. The van der Waals surface area contributed by atoms with Gasteiger partial charge in [-0.15, -0.1) is 0 Å². The van der Waals surface area contributed by atoms with Gasteiger partial charge in [0, 0.05) is 22.8 Å². The highest BCUT2D eigenvalue weighted by atomic mass is 79.9. The smallest absolute Gasteiger partial charge is 0.0515 e. The molecule has 0 saturated heterocycles. The van der Waals surface area contributed by atoms with Crippen molar-refractivity contribution in [2.24, 2.45) is 5.84 Å². The van der Waals surface area contributed by atoms with Crippen LogP contribution < -0.4 is 11.3 Å². The Kier molecular flexibility index (Phi) is 5.07. The van der Waals surface area contributed by atoms with E-state index in [0.717, 1.165) is 28.6 Å². The van der Waals surface area contributed by atoms with E-state index in [0.29, 0.717) is 0 Å². The van der Waals surface area contributed by atoms with Crippen LogP contribution >= 0.6 is 15.9 Å². The van der Waals surface area contributed by atoms with Crippen LogP contribution in [0.25, 0.3) is 0 Å². The molecule has 0 saturated carbocycles. The monoisotopic (exact) mass is 319 g/mol. The van der Waals surface area contributed by atoms with Crippen molar-refractivity contribution >= 4 is 15.9 Å². The maximum atomic E-state index is 5.67. The average Bonchev–Trinajstić information content (AvgIpc) is 2.45. The van der Waals surface area contributed by atoms with Crippen molar-refractivity contribution < 1.29 is 0 Å². The summed E-state index contributed by atoms with van der Waals surface area (Å²) in [5.41, 5.74) is 6.31. The van der Waals surface area contributed by atoms with Gasteiger partial charge < -0.3 is 0 Å². The number of aryl methyl sites for hydroxylation is 1. The summed E-state index contributed by atoms with van der Waals surface area (Å²) in [6.45, 7) is 2.13. The van der Waals surface area contributed by atoms with Gasteiger partial charge in [0.25, 0.3) is 0 Å². The van der Waals surface area contributed by atoms with E-state index in [1.807, 2.05) is 18.3 Å². The van der Waals surface area contributed by atoms with Crippen molar-refractivity contribution in [3.63, 3.8) is 0 Å². The Balaban J connectivity index is 2.14. The van der Waals surface area contributed by atoms with E-state index in [9.17, 15) is 0 Å². The molecule has 0 radical (unpaired) electrons. The second-order valence-corrected chi connectivity index (χ2v) is 5.41. The van der Waals surface area contributed by atoms with Crippen molar-refractivity contribution in [3.05, 3.63) is 63.9 Å². The number of nitrogens with one attached hydrogen (secondary N) is 1. The highest BCUT2D eigenvalue weighted by Crippen LogP contribution is 2.20. The first kappa shape index (κ1) is 14.2. The van der Waals surface area contributed by atoms with Gasteiger partial charge in [-0.3, -0.25) is 16.3 Å². The van der Waals surface area contributed by atoms with Crippen molar-refractivity contribution in [3.8, 4) is 0 Å². The molecule has 0 aliphatic heterocycles. The van der Waals surface area contributed by atoms with Crippen LogP contribution in [-0.4, -0.2) is 4.98 Å². The summed E-state index contributed by atoms with van der Waals surface area (Å²) in [4.78, 5) is 4.48. The molecule has 1 aromatic carbocycles. The Labute approximate surface area is 122 Å². The van der Waals surface area contributed by atoms with Gasteiger partial charge in [0.1, 0.15) is 0 Å². The largest absolute Gasteiger partial charge is 0.271 e. The first-order valence-corrected chi connectivity index (χ1v) is 7.17. The summed E-state index contributed by atoms with van der Waals surface area (Å²) in [6.07, 6.45) is 3.72. The zero-order valence-corrected chi connectivity index (χ0v) is 12.5. The SMILES string of the molecule is CCc1ccc(CC(NN)c2cccc(Br)c2)nc1. The third kappa shape index (κ3) is 3.86. The van der Waals surface area contributed by atoms with E-state index >= 15 is 0 Å². The second kappa shape index (κ2) is 6.80. The number of hydrazine groups is 1. The fourth-order valence-corrected chi connectivity index (χ4v) is 2.41. The lowest BCUT2D eigenvalue weighted by atomic mass is 10.0. The van der Waals surface area contributed by atoms with Crippen LogP contribution in [0.3, 0.4) is 0 Å². The van der Waals surface area contributed by atoms with E-state index in [-0.39, 0.29) is 6.04 Å². The lowest BCUT2D eigenvalue weighted by molar-refractivity contribution is 0.545. The number of pyridine rings is 1. The number of aromatic nitrogens is 1. The summed E-state index contributed by atoms with van der Waals surface area (Å²) < 4.78 is 1.06. The number of hydrogen-bond acceptors (Lipinski definition) is 3. The number of hydrogen-bond donors (Lipinski definition) is 2. The molecule has 19 heavy (non-hydrogen) atoms.